The van der Waals surface area contributed by atoms with E-state index < -0.39 is 5.54 Å². The molecule has 0 saturated carbocycles. The number of nitrogens with one attached hydrogen (secondary N) is 3. The minimum Gasteiger partial charge on any atom is -0.493 e. The molecule has 172 valence electrons. The van der Waals surface area contributed by atoms with Crippen molar-refractivity contribution in [2.24, 2.45) is 5.92 Å². The third-order valence-corrected chi connectivity index (χ3v) is 6.60. The molecule has 1 saturated heterocycles. The molecule has 1 aromatic rings. The fraction of sp³-hybridized carbons (Fsp3) is 0.652. The molecule has 1 amide bonds. The van der Waals surface area contributed by atoms with Crippen LogP contribution in [0.2, 0.25) is 0 Å². The summed E-state index contributed by atoms with van der Waals surface area (Å²) in [7, 11) is 4.87. The van der Waals surface area contributed by atoms with E-state index in [0.29, 0.717) is 17.2 Å². The lowest BCUT2D eigenvalue weighted by molar-refractivity contribution is -1.02. The molecular weight excluding hydrogens is 396 g/mol. The number of quaternary nitrogens is 2. The second-order valence-electron chi connectivity index (χ2n) is 8.76. The van der Waals surface area contributed by atoms with Gasteiger partial charge in [0, 0.05) is 0 Å². The van der Waals surface area contributed by atoms with Gasteiger partial charge in [-0.05, 0) is 31.9 Å². The SMILES string of the molecule is COc1ccc(C[NH+]2CC[NH+]([C@H](C)C(=O)N[C@](C)(C#N)C(C)C)CC2)c(OC)c1OC. The lowest BCUT2D eigenvalue weighted by Gasteiger charge is -2.34. The second-order valence-corrected chi connectivity index (χ2v) is 8.76. The van der Waals surface area contributed by atoms with Crippen molar-refractivity contribution >= 4 is 5.91 Å². The van der Waals surface area contributed by atoms with Gasteiger partial charge >= 0.3 is 0 Å². The van der Waals surface area contributed by atoms with Crippen molar-refractivity contribution in [3.8, 4) is 23.3 Å². The molecule has 1 aromatic carbocycles. The van der Waals surface area contributed by atoms with Gasteiger partial charge in [0.15, 0.2) is 17.5 Å². The molecule has 0 unspecified atom stereocenters. The summed E-state index contributed by atoms with van der Waals surface area (Å²) in [5, 5.41) is 12.4. The maximum atomic E-state index is 12.8. The molecule has 1 aliphatic rings. The monoisotopic (exact) mass is 434 g/mol. The van der Waals surface area contributed by atoms with Crippen molar-refractivity contribution in [1.29, 1.82) is 5.26 Å². The van der Waals surface area contributed by atoms with Gasteiger partial charge in [0.2, 0.25) is 5.75 Å². The fourth-order valence-corrected chi connectivity index (χ4v) is 3.96. The second kappa shape index (κ2) is 10.7. The van der Waals surface area contributed by atoms with Gasteiger partial charge in [-0.15, -0.1) is 0 Å². The van der Waals surface area contributed by atoms with Crippen LogP contribution in [-0.2, 0) is 11.3 Å². The third-order valence-electron chi connectivity index (χ3n) is 6.60. The maximum Gasteiger partial charge on any atom is 0.279 e. The first-order valence-electron chi connectivity index (χ1n) is 10.9. The maximum absolute atomic E-state index is 12.8. The van der Waals surface area contributed by atoms with E-state index in [1.165, 1.54) is 9.80 Å². The number of amides is 1. The zero-order chi connectivity index (χ0) is 23.2. The molecule has 2 atom stereocenters. The average molecular weight is 435 g/mol. The van der Waals surface area contributed by atoms with Crippen molar-refractivity contribution in [3.05, 3.63) is 17.7 Å². The predicted octanol–water partition coefficient (Wildman–Crippen LogP) is -0.561. The molecule has 2 rings (SSSR count). The molecule has 8 heteroatoms. The highest BCUT2D eigenvalue weighted by atomic mass is 16.5. The Balaban J connectivity index is 1.99. The van der Waals surface area contributed by atoms with Crippen molar-refractivity contribution in [3.63, 3.8) is 0 Å². The quantitative estimate of drug-likeness (QED) is 0.485. The summed E-state index contributed by atoms with van der Waals surface area (Å²) >= 11 is 0. The summed E-state index contributed by atoms with van der Waals surface area (Å²) in [5.41, 5.74) is 0.230. The summed E-state index contributed by atoms with van der Waals surface area (Å²) in [4.78, 5) is 15.5. The number of nitrogens with zero attached hydrogens (tertiary/aromatic N) is 1. The molecule has 0 bridgehead atoms. The number of piperazine rings is 1. The number of carbonyl (C=O) groups excluding carboxylic acids is 1. The van der Waals surface area contributed by atoms with E-state index in [9.17, 15) is 10.1 Å². The summed E-state index contributed by atoms with van der Waals surface area (Å²) in [6, 6.07) is 5.99. The number of nitriles is 1. The van der Waals surface area contributed by atoms with Gasteiger partial charge in [0.25, 0.3) is 5.91 Å². The zero-order valence-corrected chi connectivity index (χ0v) is 19.9. The molecule has 1 aliphatic heterocycles. The minimum atomic E-state index is -0.845. The molecule has 0 aliphatic carbocycles. The Labute approximate surface area is 186 Å². The van der Waals surface area contributed by atoms with Crippen LogP contribution < -0.4 is 29.3 Å². The Morgan fingerprint density at radius 3 is 2.19 bits per heavy atom. The molecule has 0 radical (unpaired) electrons. The van der Waals surface area contributed by atoms with Crippen molar-refractivity contribution in [2.45, 2.75) is 45.8 Å². The van der Waals surface area contributed by atoms with Gasteiger partial charge in [-0.25, -0.2) is 0 Å². The number of rotatable bonds is 9. The average Bonchev–Trinajstić information content (AvgIpc) is 2.78. The fourth-order valence-electron chi connectivity index (χ4n) is 3.96. The van der Waals surface area contributed by atoms with E-state index >= 15 is 0 Å². The molecular formula is C23H38N4O4+2. The van der Waals surface area contributed by atoms with Gasteiger partial charge in [-0.1, -0.05) is 13.8 Å². The van der Waals surface area contributed by atoms with Crippen LogP contribution in [0.4, 0.5) is 0 Å². The molecule has 1 fully saturated rings. The summed E-state index contributed by atoms with van der Waals surface area (Å²) in [6.45, 7) is 12.1. The normalized spacial score (nSPS) is 21.5. The number of methoxy groups -OCH3 is 3. The van der Waals surface area contributed by atoms with E-state index in [1.807, 2.05) is 32.9 Å². The van der Waals surface area contributed by atoms with Crippen LogP contribution in [0, 0.1) is 17.2 Å². The van der Waals surface area contributed by atoms with Crippen molar-refractivity contribution < 1.29 is 28.8 Å². The summed E-state index contributed by atoms with van der Waals surface area (Å²) in [5.74, 6) is 1.96. The van der Waals surface area contributed by atoms with Crippen molar-refractivity contribution in [1.82, 2.24) is 5.32 Å². The molecule has 1 heterocycles. The van der Waals surface area contributed by atoms with Gasteiger partial charge in [0.1, 0.15) is 38.3 Å². The van der Waals surface area contributed by atoms with E-state index in [1.54, 1.807) is 28.3 Å². The van der Waals surface area contributed by atoms with Gasteiger partial charge in [0.05, 0.1) is 33.0 Å². The van der Waals surface area contributed by atoms with Crippen LogP contribution >= 0.6 is 0 Å². The largest absolute Gasteiger partial charge is 0.493 e. The minimum absolute atomic E-state index is 0.0430. The molecule has 8 nitrogen and oxygen atoms in total. The van der Waals surface area contributed by atoms with Crippen LogP contribution in [-0.4, -0.2) is 65.0 Å². The summed E-state index contributed by atoms with van der Waals surface area (Å²) in [6.07, 6.45) is 0. The number of hydrogen-bond acceptors (Lipinski definition) is 5. The van der Waals surface area contributed by atoms with Crippen molar-refractivity contribution in [2.75, 3.05) is 47.5 Å². The topological polar surface area (TPSA) is 89.5 Å². The van der Waals surface area contributed by atoms with E-state index in [2.05, 4.69) is 11.4 Å². The Morgan fingerprint density at radius 2 is 1.71 bits per heavy atom. The highest BCUT2D eigenvalue weighted by Crippen LogP contribution is 2.39. The number of ether oxygens (including phenoxy) is 3. The highest BCUT2D eigenvalue weighted by molar-refractivity contribution is 5.81. The Bertz CT molecular complexity index is 800. The standard InChI is InChI=1S/C23H36N4O4/c1-16(2)23(4,15-24)25-22(28)17(3)27-12-10-26(11-13-27)14-18-8-9-19(29-5)21(31-7)20(18)30-6/h8-9,16-17H,10-14H2,1-7H3,(H,25,28)/p+2/t17-,23-/m1/s1. The highest BCUT2D eigenvalue weighted by Gasteiger charge is 2.36. The van der Waals surface area contributed by atoms with Crippen LogP contribution in [0.5, 0.6) is 17.2 Å². The number of carbonyl (C=O) groups is 1. The first-order chi connectivity index (χ1) is 14.7. The zero-order valence-electron chi connectivity index (χ0n) is 19.9. The Morgan fingerprint density at radius 1 is 1.10 bits per heavy atom. The van der Waals surface area contributed by atoms with Crippen LogP contribution in [0.3, 0.4) is 0 Å². The molecule has 0 spiro atoms. The Hall–Kier alpha value is -2.50. The van der Waals surface area contributed by atoms with Gasteiger partial charge in [-0.2, -0.15) is 5.26 Å². The van der Waals surface area contributed by atoms with Gasteiger partial charge < -0.3 is 29.3 Å². The van der Waals surface area contributed by atoms with Crippen LogP contribution in [0.25, 0.3) is 0 Å². The van der Waals surface area contributed by atoms with E-state index in [0.717, 1.165) is 38.3 Å². The third kappa shape index (κ3) is 5.60. The molecule has 0 aromatic heterocycles. The number of benzene rings is 1. The molecule has 3 N–H and O–H groups in total. The molecule has 31 heavy (non-hydrogen) atoms. The van der Waals surface area contributed by atoms with Gasteiger partial charge in [-0.3, -0.25) is 4.79 Å². The number of hydrogen-bond donors (Lipinski definition) is 3. The van der Waals surface area contributed by atoms with Crippen LogP contribution in [0.1, 0.15) is 33.3 Å². The first kappa shape index (κ1) is 24.8. The smallest absolute Gasteiger partial charge is 0.279 e. The first-order valence-corrected chi connectivity index (χ1v) is 10.9. The Kier molecular flexibility index (Phi) is 8.54. The predicted molar refractivity (Wildman–Crippen MR) is 118 cm³/mol. The van der Waals surface area contributed by atoms with E-state index in [-0.39, 0.29) is 17.9 Å². The van der Waals surface area contributed by atoms with Crippen LogP contribution in [0.15, 0.2) is 12.1 Å². The lowest BCUT2D eigenvalue weighted by atomic mass is 9.89. The summed E-state index contributed by atoms with van der Waals surface area (Å²) < 4.78 is 16.5. The lowest BCUT2D eigenvalue weighted by Crippen LogP contribution is -3.29. The van der Waals surface area contributed by atoms with E-state index in [4.69, 9.17) is 14.2 Å².